The molecule has 76 valence electrons. The fraction of sp³-hybridized carbons (Fsp3) is 0.455. The van der Waals surface area contributed by atoms with E-state index < -0.39 is 0 Å². The Kier molecular flexibility index (Phi) is 6.13. The summed E-state index contributed by atoms with van der Waals surface area (Å²) >= 11 is 0. The Hall–Kier alpha value is -1.56. The molecule has 0 atom stereocenters. The maximum Gasteiger partial charge on any atom is 0.182 e. The number of pyridine rings is 1. The van der Waals surface area contributed by atoms with Gasteiger partial charge in [-0.15, -0.1) is 0 Å². The van der Waals surface area contributed by atoms with Gasteiger partial charge in [0.2, 0.25) is 0 Å². The van der Waals surface area contributed by atoms with Crippen LogP contribution < -0.4 is 4.74 Å². The predicted molar refractivity (Wildman–Crippen MR) is 56.2 cm³/mol. The van der Waals surface area contributed by atoms with E-state index in [0.717, 1.165) is 5.56 Å². The zero-order chi connectivity index (χ0) is 11.0. The van der Waals surface area contributed by atoms with Crippen molar-refractivity contribution in [1.82, 2.24) is 4.98 Å². The lowest BCUT2D eigenvalue weighted by atomic mass is 10.2. The Morgan fingerprint density at radius 2 is 2.14 bits per heavy atom. The van der Waals surface area contributed by atoms with E-state index in [9.17, 15) is 0 Å². The maximum atomic E-state index is 8.64. The number of nitriles is 1. The largest absolute Gasteiger partial charge is 0.491 e. The third kappa shape index (κ3) is 3.44. The molecule has 14 heavy (non-hydrogen) atoms. The second-order valence-electron chi connectivity index (χ2n) is 2.40. The van der Waals surface area contributed by atoms with Crippen molar-refractivity contribution >= 4 is 0 Å². The van der Waals surface area contributed by atoms with Crippen molar-refractivity contribution in [2.24, 2.45) is 0 Å². The molecule has 0 saturated carbocycles. The lowest BCUT2D eigenvalue weighted by Crippen LogP contribution is -1.96. The molecule has 0 aliphatic rings. The number of nitrogens with zero attached hydrogens (tertiary/aromatic N) is 2. The van der Waals surface area contributed by atoms with Crippen LogP contribution in [0.1, 0.15) is 32.0 Å². The van der Waals surface area contributed by atoms with Gasteiger partial charge in [-0.1, -0.05) is 13.8 Å². The summed E-state index contributed by atoms with van der Waals surface area (Å²) in [5, 5.41) is 8.64. The average Bonchev–Trinajstić information content (AvgIpc) is 2.22. The molecule has 0 aliphatic heterocycles. The Morgan fingerprint density at radius 1 is 1.50 bits per heavy atom. The van der Waals surface area contributed by atoms with Crippen LogP contribution in [0, 0.1) is 18.3 Å². The summed E-state index contributed by atoms with van der Waals surface area (Å²) in [6, 6.07) is 3.79. The molecule has 0 N–H and O–H groups in total. The van der Waals surface area contributed by atoms with Crippen molar-refractivity contribution in [1.29, 1.82) is 5.26 Å². The molecule has 1 aromatic rings. The molecule has 0 aliphatic carbocycles. The van der Waals surface area contributed by atoms with E-state index in [1.807, 2.05) is 39.8 Å². The Morgan fingerprint density at radius 3 is 2.64 bits per heavy atom. The highest BCUT2D eigenvalue weighted by Crippen LogP contribution is 2.16. The molecular formula is C11H16N2O. The molecule has 0 unspecified atom stereocenters. The van der Waals surface area contributed by atoms with Crippen LogP contribution in [0.2, 0.25) is 0 Å². The number of rotatable bonds is 2. The second-order valence-corrected chi connectivity index (χ2v) is 2.40. The summed E-state index contributed by atoms with van der Waals surface area (Å²) in [5.74, 6) is 0.569. The maximum absolute atomic E-state index is 8.64. The number of aryl methyl sites for hydroxylation is 1. The van der Waals surface area contributed by atoms with E-state index in [0.29, 0.717) is 18.1 Å². The van der Waals surface area contributed by atoms with Crippen molar-refractivity contribution in [3.63, 3.8) is 0 Å². The van der Waals surface area contributed by atoms with Gasteiger partial charge in [-0.2, -0.15) is 5.26 Å². The van der Waals surface area contributed by atoms with Crippen LogP contribution in [0.25, 0.3) is 0 Å². The van der Waals surface area contributed by atoms with Crippen LogP contribution in [0.5, 0.6) is 5.75 Å². The molecule has 0 amide bonds. The Bertz CT molecular complexity index is 316. The van der Waals surface area contributed by atoms with Crippen molar-refractivity contribution in [2.45, 2.75) is 27.7 Å². The summed E-state index contributed by atoms with van der Waals surface area (Å²) in [7, 11) is 0. The highest BCUT2D eigenvalue weighted by Gasteiger charge is 2.02. The molecule has 3 heteroatoms. The van der Waals surface area contributed by atoms with E-state index in [1.54, 1.807) is 6.20 Å². The molecule has 0 radical (unpaired) electrons. The lowest BCUT2D eigenvalue weighted by molar-refractivity contribution is 0.337. The molecule has 1 heterocycles. The molecule has 0 saturated heterocycles. The standard InChI is InChI=1S/C9H10N2O.C2H6/c1-3-12-9-4-7(2)6-11-8(9)5-10;1-2/h4,6H,3H2,1-2H3;1-2H3. The first-order valence-corrected chi connectivity index (χ1v) is 4.77. The van der Waals surface area contributed by atoms with E-state index in [1.165, 1.54) is 0 Å². The van der Waals surface area contributed by atoms with Gasteiger partial charge in [-0.25, -0.2) is 4.98 Å². The van der Waals surface area contributed by atoms with Gasteiger partial charge < -0.3 is 4.74 Å². The number of hydrogen-bond acceptors (Lipinski definition) is 3. The molecule has 1 aromatic heterocycles. The van der Waals surface area contributed by atoms with Gasteiger partial charge in [-0.05, 0) is 25.5 Å². The predicted octanol–water partition coefficient (Wildman–Crippen LogP) is 2.69. The van der Waals surface area contributed by atoms with Crippen LogP contribution in [-0.4, -0.2) is 11.6 Å². The third-order valence-corrected chi connectivity index (χ3v) is 1.40. The number of ether oxygens (including phenoxy) is 1. The van der Waals surface area contributed by atoms with Crippen LogP contribution in [0.3, 0.4) is 0 Å². The van der Waals surface area contributed by atoms with Crippen LogP contribution in [-0.2, 0) is 0 Å². The molecule has 0 bridgehead atoms. The van der Waals surface area contributed by atoms with Gasteiger partial charge in [0.05, 0.1) is 6.61 Å². The first kappa shape index (κ1) is 12.4. The SMILES string of the molecule is CC.CCOc1cc(C)cnc1C#N. The zero-order valence-electron chi connectivity index (χ0n) is 9.16. The minimum atomic E-state index is 0.349. The first-order chi connectivity index (χ1) is 6.77. The van der Waals surface area contributed by atoms with E-state index in [2.05, 4.69) is 4.98 Å². The summed E-state index contributed by atoms with van der Waals surface area (Å²) < 4.78 is 5.22. The minimum Gasteiger partial charge on any atom is -0.491 e. The van der Waals surface area contributed by atoms with Gasteiger partial charge in [0.1, 0.15) is 6.07 Å². The lowest BCUT2D eigenvalue weighted by Gasteiger charge is -2.04. The molecule has 3 nitrogen and oxygen atoms in total. The monoisotopic (exact) mass is 192 g/mol. The van der Waals surface area contributed by atoms with Crippen LogP contribution in [0.4, 0.5) is 0 Å². The molecule has 0 spiro atoms. The second kappa shape index (κ2) is 6.90. The van der Waals surface area contributed by atoms with E-state index in [-0.39, 0.29) is 0 Å². The zero-order valence-corrected chi connectivity index (χ0v) is 9.16. The number of aromatic nitrogens is 1. The van der Waals surface area contributed by atoms with Crippen LogP contribution in [0.15, 0.2) is 12.3 Å². The summed E-state index contributed by atoms with van der Waals surface area (Å²) in [4.78, 5) is 3.93. The fourth-order valence-electron chi connectivity index (χ4n) is 0.892. The Balaban J connectivity index is 0.000000791. The van der Waals surface area contributed by atoms with Gasteiger partial charge in [0.15, 0.2) is 11.4 Å². The van der Waals surface area contributed by atoms with Gasteiger partial charge in [-0.3, -0.25) is 0 Å². The average molecular weight is 192 g/mol. The van der Waals surface area contributed by atoms with Crippen molar-refractivity contribution in [3.05, 3.63) is 23.5 Å². The van der Waals surface area contributed by atoms with Gasteiger partial charge >= 0.3 is 0 Å². The first-order valence-electron chi connectivity index (χ1n) is 4.77. The van der Waals surface area contributed by atoms with Gasteiger partial charge in [0, 0.05) is 6.20 Å². The quantitative estimate of drug-likeness (QED) is 0.723. The number of hydrogen-bond donors (Lipinski definition) is 0. The third-order valence-electron chi connectivity index (χ3n) is 1.40. The minimum absolute atomic E-state index is 0.349. The molecule has 0 fully saturated rings. The normalized spacial score (nSPS) is 8.21. The fourth-order valence-corrected chi connectivity index (χ4v) is 0.892. The van der Waals surface area contributed by atoms with E-state index >= 15 is 0 Å². The van der Waals surface area contributed by atoms with Crippen LogP contribution >= 0.6 is 0 Å². The van der Waals surface area contributed by atoms with Crippen molar-refractivity contribution < 1.29 is 4.74 Å². The smallest absolute Gasteiger partial charge is 0.182 e. The van der Waals surface area contributed by atoms with Gasteiger partial charge in [0.25, 0.3) is 0 Å². The highest BCUT2D eigenvalue weighted by molar-refractivity contribution is 5.38. The molecular weight excluding hydrogens is 176 g/mol. The topological polar surface area (TPSA) is 45.9 Å². The Labute approximate surface area is 85.4 Å². The van der Waals surface area contributed by atoms with Crippen molar-refractivity contribution in [2.75, 3.05) is 6.61 Å². The van der Waals surface area contributed by atoms with Crippen molar-refractivity contribution in [3.8, 4) is 11.8 Å². The van der Waals surface area contributed by atoms with E-state index in [4.69, 9.17) is 10.00 Å². The summed E-state index contributed by atoms with van der Waals surface area (Å²) in [6.45, 7) is 8.35. The summed E-state index contributed by atoms with van der Waals surface area (Å²) in [5.41, 5.74) is 1.35. The summed E-state index contributed by atoms with van der Waals surface area (Å²) in [6.07, 6.45) is 1.65. The molecule has 1 rings (SSSR count). The molecule has 0 aromatic carbocycles. The highest BCUT2D eigenvalue weighted by atomic mass is 16.5.